The molecule has 0 unspecified atom stereocenters. The zero-order valence-electron chi connectivity index (χ0n) is 8.68. The van der Waals surface area contributed by atoms with E-state index < -0.39 is 0 Å². The second kappa shape index (κ2) is 3.09. The molecule has 0 saturated heterocycles. The molecule has 1 aliphatic rings. The number of hydrogen-bond acceptors (Lipinski definition) is 1. The molecule has 1 nitrogen and oxygen atoms in total. The number of benzene rings is 1. The van der Waals surface area contributed by atoms with Crippen LogP contribution in [0.2, 0.25) is 0 Å². The highest BCUT2D eigenvalue weighted by Gasteiger charge is 2.23. The standard InChI is InChI=1S/C13H14O/c1-8(2)10-5-4-9(3)13-11(10)6-7-12(13)14/h4-5H,1,6-7H2,2-3H3. The second-order valence-electron chi connectivity index (χ2n) is 3.99. The van der Waals surface area contributed by atoms with E-state index in [2.05, 4.69) is 12.6 Å². The summed E-state index contributed by atoms with van der Waals surface area (Å²) in [5.74, 6) is 0.292. The lowest BCUT2D eigenvalue weighted by molar-refractivity contribution is 0.0994. The molecule has 72 valence electrons. The van der Waals surface area contributed by atoms with Gasteiger partial charge in [0, 0.05) is 12.0 Å². The van der Waals surface area contributed by atoms with Crippen LogP contribution in [-0.2, 0) is 6.42 Å². The number of Topliss-reactive ketones (excluding diaryl/α,β-unsaturated/α-hetero) is 1. The average Bonchev–Trinajstić information content (AvgIpc) is 2.49. The van der Waals surface area contributed by atoms with Crippen LogP contribution in [0.3, 0.4) is 0 Å². The third-order valence-electron chi connectivity index (χ3n) is 2.86. The molecule has 1 aromatic rings. The van der Waals surface area contributed by atoms with Gasteiger partial charge in [-0.3, -0.25) is 4.79 Å². The number of fused-ring (bicyclic) bond motifs is 1. The van der Waals surface area contributed by atoms with E-state index in [0.29, 0.717) is 12.2 Å². The highest BCUT2D eigenvalue weighted by molar-refractivity contribution is 6.03. The van der Waals surface area contributed by atoms with E-state index in [0.717, 1.165) is 28.7 Å². The van der Waals surface area contributed by atoms with Crippen molar-refractivity contribution in [2.45, 2.75) is 26.7 Å². The van der Waals surface area contributed by atoms with Crippen LogP contribution in [-0.4, -0.2) is 5.78 Å². The quantitative estimate of drug-likeness (QED) is 0.658. The molecule has 0 fully saturated rings. The third-order valence-corrected chi connectivity index (χ3v) is 2.86. The fraction of sp³-hybridized carbons (Fsp3) is 0.308. The van der Waals surface area contributed by atoms with Gasteiger partial charge in [-0.1, -0.05) is 24.3 Å². The summed E-state index contributed by atoms with van der Waals surface area (Å²) in [7, 11) is 0. The first-order valence-corrected chi connectivity index (χ1v) is 4.93. The molecular formula is C13H14O. The Labute approximate surface area is 84.5 Å². The average molecular weight is 186 g/mol. The summed E-state index contributed by atoms with van der Waals surface area (Å²) in [5, 5.41) is 0. The predicted octanol–water partition coefficient (Wildman–Crippen LogP) is 3.16. The first-order chi connectivity index (χ1) is 6.61. The summed E-state index contributed by atoms with van der Waals surface area (Å²) < 4.78 is 0. The Hall–Kier alpha value is -1.37. The number of ketones is 1. The van der Waals surface area contributed by atoms with E-state index in [9.17, 15) is 4.79 Å². The Balaban J connectivity index is 2.70. The minimum absolute atomic E-state index is 0.292. The third kappa shape index (κ3) is 1.20. The van der Waals surface area contributed by atoms with Crippen molar-refractivity contribution in [3.8, 4) is 0 Å². The number of carbonyl (C=O) groups is 1. The SMILES string of the molecule is C=C(C)c1ccc(C)c2c1CCC2=O. The number of aryl methyl sites for hydroxylation is 1. The summed E-state index contributed by atoms with van der Waals surface area (Å²) in [6.07, 6.45) is 1.55. The molecule has 0 aliphatic heterocycles. The van der Waals surface area contributed by atoms with Gasteiger partial charge in [0.2, 0.25) is 0 Å². The van der Waals surface area contributed by atoms with Crippen molar-refractivity contribution in [1.29, 1.82) is 0 Å². The highest BCUT2D eigenvalue weighted by atomic mass is 16.1. The van der Waals surface area contributed by atoms with Crippen LogP contribution >= 0.6 is 0 Å². The maximum atomic E-state index is 11.6. The summed E-state index contributed by atoms with van der Waals surface area (Å²) in [6.45, 7) is 7.94. The van der Waals surface area contributed by atoms with E-state index in [1.165, 1.54) is 5.56 Å². The van der Waals surface area contributed by atoms with Crippen LogP contribution in [0.5, 0.6) is 0 Å². The molecule has 1 heteroatoms. The highest BCUT2D eigenvalue weighted by Crippen LogP contribution is 2.31. The molecule has 1 aliphatic carbocycles. The van der Waals surface area contributed by atoms with Gasteiger partial charge in [0.05, 0.1) is 0 Å². The fourth-order valence-electron chi connectivity index (χ4n) is 2.18. The maximum absolute atomic E-state index is 11.6. The number of rotatable bonds is 1. The van der Waals surface area contributed by atoms with Gasteiger partial charge in [-0.25, -0.2) is 0 Å². The van der Waals surface area contributed by atoms with Crippen LogP contribution < -0.4 is 0 Å². The zero-order valence-corrected chi connectivity index (χ0v) is 8.68. The Bertz CT molecular complexity index is 427. The van der Waals surface area contributed by atoms with Gasteiger partial charge in [-0.2, -0.15) is 0 Å². The van der Waals surface area contributed by atoms with Gasteiger partial charge in [-0.05, 0) is 37.0 Å². The predicted molar refractivity (Wildman–Crippen MR) is 58.5 cm³/mol. The number of allylic oxidation sites excluding steroid dienone is 1. The second-order valence-corrected chi connectivity index (χ2v) is 3.99. The molecule has 1 aromatic carbocycles. The fourth-order valence-corrected chi connectivity index (χ4v) is 2.18. The van der Waals surface area contributed by atoms with Crippen LogP contribution in [0.15, 0.2) is 18.7 Å². The van der Waals surface area contributed by atoms with E-state index in [1.807, 2.05) is 19.9 Å². The van der Waals surface area contributed by atoms with Gasteiger partial charge < -0.3 is 0 Å². The van der Waals surface area contributed by atoms with Crippen LogP contribution in [0, 0.1) is 6.92 Å². The number of hydrogen-bond donors (Lipinski definition) is 0. The number of carbonyl (C=O) groups excluding carboxylic acids is 1. The van der Waals surface area contributed by atoms with Gasteiger partial charge >= 0.3 is 0 Å². The normalized spacial score (nSPS) is 14.3. The molecule has 0 spiro atoms. The summed E-state index contributed by atoms with van der Waals surface area (Å²) in [4.78, 5) is 11.6. The van der Waals surface area contributed by atoms with Crippen molar-refractivity contribution in [3.05, 3.63) is 41.0 Å². The summed E-state index contributed by atoms with van der Waals surface area (Å²) in [6, 6.07) is 4.10. The maximum Gasteiger partial charge on any atom is 0.163 e. The first kappa shape index (κ1) is 9.20. The topological polar surface area (TPSA) is 17.1 Å². The Morgan fingerprint density at radius 3 is 2.71 bits per heavy atom. The molecule has 0 bridgehead atoms. The van der Waals surface area contributed by atoms with Crippen molar-refractivity contribution < 1.29 is 4.79 Å². The molecule has 14 heavy (non-hydrogen) atoms. The minimum atomic E-state index is 0.292. The first-order valence-electron chi connectivity index (χ1n) is 4.93. The van der Waals surface area contributed by atoms with E-state index in [1.54, 1.807) is 0 Å². The summed E-state index contributed by atoms with van der Waals surface area (Å²) >= 11 is 0. The molecule has 0 amide bonds. The van der Waals surface area contributed by atoms with E-state index in [4.69, 9.17) is 0 Å². The molecule has 0 saturated carbocycles. The summed E-state index contributed by atoms with van der Waals surface area (Å²) in [5.41, 5.74) is 5.48. The van der Waals surface area contributed by atoms with E-state index >= 15 is 0 Å². The van der Waals surface area contributed by atoms with Gasteiger partial charge in [0.1, 0.15) is 0 Å². The molecule has 2 rings (SSSR count). The molecule has 0 N–H and O–H groups in total. The van der Waals surface area contributed by atoms with Crippen molar-refractivity contribution in [2.75, 3.05) is 0 Å². The lowest BCUT2D eigenvalue weighted by atomic mass is 9.95. The monoisotopic (exact) mass is 186 g/mol. The molecule has 0 atom stereocenters. The molecular weight excluding hydrogens is 172 g/mol. The van der Waals surface area contributed by atoms with Gasteiger partial charge in [-0.15, -0.1) is 0 Å². The largest absolute Gasteiger partial charge is 0.294 e. The van der Waals surface area contributed by atoms with Gasteiger partial charge in [0.15, 0.2) is 5.78 Å². The Morgan fingerprint density at radius 2 is 2.07 bits per heavy atom. The van der Waals surface area contributed by atoms with E-state index in [-0.39, 0.29) is 0 Å². The van der Waals surface area contributed by atoms with Crippen LogP contribution in [0.1, 0.15) is 40.4 Å². The molecule has 0 radical (unpaired) electrons. The lowest BCUT2D eigenvalue weighted by Crippen LogP contribution is -1.97. The van der Waals surface area contributed by atoms with Crippen molar-refractivity contribution in [2.24, 2.45) is 0 Å². The van der Waals surface area contributed by atoms with Crippen molar-refractivity contribution >= 4 is 11.4 Å². The zero-order chi connectivity index (χ0) is 10.3. The van der Waals surface area contributed by atoms with Gasteiger partial charge in [0.25, 0.3) is 0 Å². The lowest BCUT2D eigenvalue weighted by Gasteiger charge is -2.09. The minimum Gasteiger partial charge on any atom is -0.294 e. The Kier molecular flexibility index (Phi) is 2.03. The smallest absolute Gasteiger partial charge is 0.163 e. The van der Waals surface area contributed by atoms with Crippen LogP contribution in [0.4, 0.5) is 0 Å². The molecule has 0 aromatic heterocycles. The Morgan fingerprint density at radius 1 is 1.36 bits per heavy atom. The molecule has 0 heterocycles. The van der Waals surface area contributed by atoms with Crippen molar-refractivity contribution in [3.63, 3.8) is 0 Å². The van der Waals surface area contributed by atoms with Crippen LogP contribution in [0.25, 0.3) is 5.57 Å². The van der Waals surface area contributed by atoms with Crippen molar-refractivity contribution in [1.82, 2.24) is 0 Å².